The molecule has 11 heteroatoms. The number of benzene rings is 1. The van der Waals surface area contributed by atoms with Crippen LogP contribution in [0.25, 0.3) is 11.3 Å². The summed E-state index contributed by atoms with van der Waals surface area (Å²) in [6.45, 7) is 1.91. The molecule has 0 unspecified atom stereocenters. The maximum absolute atomic E-state index is 14.6. The van der Waals surface area contributed by atoms with Gasteiger partial charge in [0.2, 0.25) is 0 Å². The maximum Gasteiger partial charge on any atom is 0.274 e. The minimum absolute atomic E-state index is 0.0424. The van der Waals surface area contributed by atoms with Gasteiger partial charge in [-0.15, -0.1) is 0 Å². The van der Waals surface area contributed by atoms with E-state index in [2.05, 4.69) is 15.3 Å². The van der Waals surface area contributed by atoms with Crippen LogP contribution < -0.4 is 11.1 Å². The summed E-state index contributed by atoms with van der Waals surface area (Å²) < 4.78 is 55.4. The monoisotopic (exact) mass is 518 g/mol. The average molecular weight is 519 g/mol. The molecule has 0 spiro atoms. The van der Waals surface area contributed by atoms with E-state index in [9.17, 15) is 27.3 Å². The summed E-state index contributed by atoms with van der Waals surface area (Å²) in [4.78, 5) is 20.9. The van der Waals surface area contributed by atoms with Crippen LogP contribution >= 0.6 is 0 Å². The summed E-state index contributed by atoms with van der Waals surface area (Å²) >= 11 is 0. The van der Waals surface area contributed by atoms with Crippen molar-refractivity contribution in [3.63, 3.8) is 0 Å². The van der Waals surface area contributed by atoms with E-state index in [1.165, 1.54) is 12.5 Å². The molecule has 1 amide bonds. The molecule has 3 aromatic rings. The molecule has 4 N–H and O–H groups in total. The fraction of sp³-hybridized carbons (Fsp3) is 0.320. The second-order valence-corrected chi connectivity index (χ2v) is 10.3. The molecular formula is C25H25F3N4O3S. The molecule has 0 aliphatic heterocycles. The molecule has 0 saturated heterocycles. The number of carbonyl (C=O) groups is 1. The fourth-order valence-electron chi connectivity index (χ4n) is 4.57. The quantitative estimate of drug-likeness (QED) is 0.474. The first kappa shape index (κ1) is 25.9. The largest absolute Gasteiger partial charge is 0.391 e. The van der Waals surface area contributed by atoms with Crippen LogP contribution in [0.2, 0.25) is 0 Å². The van der Waals surface area contributed by atoms with E-state index in [4.69, 9.17) is 5.73 Å². The third-order valence-electron chi connectivity index (χ3n) is 6.44. The van der Waals surface area contributed by atoms with Gasteiger partial charge in [0.15, 0.2) is 0 Å². The predicted molar refractivity (Wildman–Crippen MR) is 129 cm³/mol. The van der Waals surface area contributed by atoms with E-state index >= 15 is 0 Å². The van der Waals surface area contributed by atoms with Crippen molar-refractivity contribution >= 4 is 22.4 Å². The number of pyridine rings is 2. The van der Waals surface area contributed by atoms with Crippen LogP contribution in [0.4, 0.5) is 18.9 Å². The van der Waals surface area contributed by atoms with Gasteiger partial charge in [-0.2, -0.15) is 0 Å². The Morgan fingerprint density at radius 3 is 2.47 bits per heavy atom. The number of carbonyl (C=O) groups excluding carboxylic acids is 1. The Labute approximate surface area is 208 Å². The minimum Gasteiger partial charge on any atom is -0.391 e. The zero-order valence-electron chi connectivity index (χ0n) is 19.5. The Morgan fingerprint density at radius 2 is 1.83 bits per heavy atom. The summed E-state index contributed by atoms with van der Waals surface area (Å²) in [6, 6.07) is 5.03. The van der Waals surface area contributed by atoms with Gasteiger partial charge < -0.3 is 16.2 Å². The topological polar surface area (TPSA) is 118 Å². The van der Waals surface area contributed by atoms with Gasteiger partial charge in [0.05, 0.1) is 23.6 Å². The number of hydrogen-bond donors (Lipinski definition) is 3. The van der Waals surface area contributed by atoms with E-state index in [1.54, 1.807) is 12.3 Å². The van der Waals surface area contributed by atoms with Gasteiger partial charge in [-0.25, -0.2) is 18.2 Å². The molecule has 0 radical (unpaired) electrons. The highest BCUT2D eigenvalue weighted by atomic mass is 32.2. The highest BCUT2D eigenvalue weighted by molar-refractivity contribution is 7.84. The minimum atomic E-state index is -1.65. The highest BCUT2D eigenvalue weighted by Crippen LogP contribution is 2.38. The predicted octanol–water partition coefficient (Wildman–Crippen LogP) is 3.75. The average Bonchev–Trinajstić information content (AvgIpc) is 2.83. The highest BCUT2D eigenvalue weighted by Gasteiger charge is 2.34. The van der Waals surface area contributed by atoms with Crippen molar-refractivity contribution < 1.29 is 27.3 Å². The zero-order valence-corrected chi connectivity index (χ0v) is 20.4. The van der Waals surface area contributed by atoms with E-state index in [1.807, 2.05) is 6.92 Å². The maximum atomic E-state index is 14.6. The van der Waals surface area contributed by atoms with E-state index < -0.39 is 57.6 Å². The Bertz CT molecular complexity index is 1300. The van der Waals surface area contributed by atoms with Crippen molar-refractivity contribution in [2.24, 2.45) is 11.7 Å². The standard InChI is InChI=1S/C25H25F3N4O3S/c1-12-7-13(8-19(29)24(12)33)15-5-6-30-11-21(15)32-25(34)20-4-3-16(26)23(31-20)22-17(27)9-14(36(2)35)10-18(22)28/h3-6,9-13,19,24,33H,7-8,29H2,1-2H3,(H,32,34)/t12-,13+,19+,24+,36+/m0/s1. The van der Waals surface area contributed by atoms with Crippen molar-refractivity contribution in [2.75, 3.05) is 11.6 Å². The molecule has 1 aliphatic rings. The van der Waals surface area contributed by atoms with Gasteiger partial charge in [0.25, 0.3) is 5.91 Å². The van der Waals surface area contributed by atoms with Crippen LogP contribution in [-0.2, 0) is 10.8 Å². The van der Waals surface area contributed by atoms with Crippen LogP contribution in [0, 0.1) is 23.4 Å². The molecule has 4 rings (SSSR count). The summed E-state index contributed by atoms with van der Waals surface area (Å²) in [6.07, 6.45) is 4.84. The van der Waals surface area contributed by atoms with Crippen LogP contribution in [0.15, 0.2) is 47.6 Å². The van der Waals surface area contributed by atoms with E-state index in [-0.39, 0.29) is 22.4 Å². The molecule has 36 heavy (non-hydrogen) atoms. The fourth-order valence-corrected chi connectivity index (χ4v) is 5.11. The summed E-state index contributed by atoms with van der Waals surface area (Å²) in [7, 11) is -1.65. The number of nitrogens with one attached hydrogen (secondary N) is 1. The Kier molecular flexibility index (Phi) is 7.53. The lowest BCUT2D eigenvalue weighted by Gasteiger charge is -2.36. The first-order valence-electron chi connectivity index (χ1n) is 11.2. The van der Waals surface area contributed by atoms with Gasteiger partial charge >= 0.3 is 0 Å². The van der Waals surface area contributed by atoms with Gasteiger partial charge in [-0.05, 0) is 60.6 Å². The van der Waals surface area contributed by atoms with Crippen LogP contribution in [-0.4, -0.2) is 43.6 Å². The third kappa shape index (κ3) is 5.18. The molecule has 0 bridgehead atoms. The molecule has 1 saturated carbocycles. The third-order valence-corrected chi connectivity index (χ3v) is 7.34. The first-order chi connectivity index (χ1) is 17.1. The number of amides is 1. The first-order valence-corrected chi connectivity index (χ1v) is 12.8. The van der Waals surface area contributed by atoms with Gasteiger partial charge in [0.1, 0.15) is 28.8 Å². The lowest BCUT2D eigenvalue weighted by molar-refractivity contribution is 0.0521. The van der Waals surface area contributed by atoms with Gasteiger partial charge in [-0.1, -0.05) is 6.92 Å². The molecule has 1 fully saturated rings. The Balaban J connectivity index is 1.64. The molecule has 2 heterocycles. The lowest BCUT2D eigenvalue weighted by atomic mass is 9.74. The number of hydrogen-bond acceptors (Lipinski definition) is 6. The number of halogens is 3. The van der Waals surface area contributed by atoms with Crippen LogP contribution in [0.5, 0.6) is 0 Å². The molecule has 5 atom stereocenters. The van der Waals surface area contributed by atoms with Crippen LogP contribution in [0.1, 0.15) is 41.7 Å². The van der Waals surface area contributed by atoms with Crippen molar-refractivity contribution in [3.8, 4) is 11.3 Å². The number of rotatable bonds is 5. The molecule has 1 aliphatic carbocycles. The van der Waals surface area contributed by atoms with E-state index in [0.29, 0.717) is 18.5 Å². The number of nitrogens with zero attached hydrogens (tertiary/aromatic N) is 2. The Hall–Kier alpha value is -3.15. The molecule has 2 aromatic heterocycles. The molecule has 190 valence electrons. The number of aliphatic hydroxyl groups is 1. The molecule has 7 nitrogen and oxygen atoms in total. The van der Waals surface area contributed by atoms with Gasteiger partial charge in [-0.3, -0.25) is 14.0 Å². The van der Waals surface area contributed by atoms with Crippen molar-refractivity contribution in [1.82, 2.24) is 9.97 Å². The van der Waals surface area contributed by atoms with E-state index in [0.717, 1.165) is 29.8 Å². The zero-order chi connectivity index (χ0) is 26.1. The lowest BCUT2D eigenvalue weighted by Crippen LogP contribution is -2.44. The number of aromatic nitrogens is 2. The van der Waals surface area contributed by atoms with Crippen molar-refractivity contribution in [3.05, 3.63) is 71.4 Å². The summed E-state index contributed by atoms with van der Waals surface area (Å²) in [5.74, 6) is -4.14. The summed E-state index contributed by atoms with van der Waals surface area (Å²) in [5, 5.41) is 12.9. The van der Waals surface area contributed by atoms with Gasteiger partial charge in [0, 0.05) is 34.2 Å². The SMILES string of the molecule is C[C@H]1C[C@@H](c2ccncc2NC(=O)c2ccc(F)c(-c3c(F)cc([S@@](C)=O)cc3F)n2)C[C@@H](N)[C@@H]1O. The molecule has 1 aromatic carbocycles. The smallest absolute Gasteiger partial charge is 0.274 e. The molecular weight excluding hydrogens is 493 g/mol. The van der Waals surface area contributed by atoms with Crippen molar-refractivity contribution in [1.29, 1.82) is 0 Å². The second-order valence-electron chi connectivity index (χ2n) is 8.96. The van der Waals surface area contributed by atoms with Crippen molar-refractivity contribution in [2.45, 2.75) is 42.7 Å². The second kappa shape index (κ2) is 10.5. The van der Waals surface area contributed by atoms with Crippen LogP contribution in [0.3, 0.4) is 0 Å². The number of anilines is 1. The number of aliphatic hydroxyl groups excluding tert-OH is 1. The normalized spacial score (nSPS) is 22.8. The number of nitrogens with two attached hydrogens (primary N) is 1. The Morgan fingerprint density at radius 1 is 1.14 bits per heavy atom. The summed E-state index contributed by atoms with van der Waals surface area (Å²) in [5.41, 5.74) is 5.55.